The van der Waals surface area contributed by atoms with Crippen LogP contribution in [0.4, 0.5) is 5.69 Å². The van der Waals surface area contributed by atoms with Gasteiger partial charge in [-0.2, -0.15) is 0 Å². The van der Waals surface area contributed by atoms with Crippen LogP contribution in [0.5, 0.6) is 5.75 Å². The van der Waals surface area contributed by atoms with Crippen molar-refractivity contribution in [3.8, 4) is 5.75 Å². The predicted octanol–water partition coefficient (Wildman–Crippen LogP) is 3.11. The summed E-state index contributed by atoms with van der Waals surface area (Å²) in [6.45, 7) is 4.18. The molecule has 0 aliphatic carbocycles. The molecule has 0 saturated carbocycles. The Hall–Kier alpha value is -2.34. The van der Waals surface area contributed by atoms with Crippen LogP contribution in [0.3, 0.4) is 0 Å². The highest BCUT2D eigenvalue weighted by Crippen LogP contribution is 2.19. The molecule has 0 bridgehead atoms. The van der Waals surface area contributed by atoms with Crippen LogP contribution >= 0.6 is 0 Å². The van der Waals surface area contributed by atoms with Gasteiger partial charge in [-0.1, -0.05) is 18.2 Å². The van der Waals surface area contributed by atoms with Crippen molar-refractivity contribution in [2.24, 2.45) is 0 Å². The monoisotopic (exact) mass is 347 g/mol. The van der Waals surface area contributed by atoms with E-state index in [-0.39, 0.29) is 23.8 Å². The van der Waals surface area contributed by atoms with Gasteiger partial charge < -0.3 is 10.1 Å². The fourth-order valence-electron chi connectivity index (χ4n) is 2.14. The van der Waals surface area contributed by atoms with Crippen molar-refractivity contribution in [2.75, 3.05) is 18.2 Å². The summed E-state index contributed by atoms with van der Waals surface area (Å²) in [5.74, 6) is 0.535. The third kappa shape index (κ3) is 5.09. The van der Waals surface area contributed by atoms with E-state index in [1.165, 1.54) is 12.1 Å². The second kappa shape index (κ2) is 7.49. The first-order valence-corrected chi connectivity index (χ1v) is 9.45. The van der Waals surface area contributed by atoms with Gasteiger partial charge in [-0.15, -0.1) is 0 Å². The maximum atomic E-state index is 12.0. The fourth-order valence-corrected chi connectivity index (χ4v) is 2.81. The summed E-state index contributed by atoms with van der Waals surface area (Å²) < 4.78 is 28.7. The first-order valence-electron chi connectivity index (χ1n) is 7.56. The first kappa shape index (κ1) is 18.0. The van der Waals surface area contributed by atoms with E-state index in [9.17, 15) is 13.2 Å². The Kier molecular flexibility index (Phi) is 5.62. The van der Waals surface area contributed by atoms with Crippen molar-refractivity contribution >= 4 is 21.4 Å². The van der Waals surface area contributed by atoms with E-state index in [1.54, 1.807) is 12.1 Å². The van der Waals surface area contributed by atoms with Gasteiger partial charge in [0.15, 0.2) is 9.84 Å². The zero-order chi connectivity index (χ0) is 17.7. The van der Waals surface area contributed by atoms with E-state index in [0.29, 0.717) is 5.69 Å². The average Bonchev–Trinajstić information content (AvgIpc) is 2.50. The van der Waals surface area contributed by atoms with Crippen LogP contribution in [0.1, 0.15) is 17.5 Å². The van der Waals surface area contributed by atoms with Crippen LogP contribution in [0.15, 0.2) is 47.4 Å². The van der Waals surface area contributed by atoms with Gasteiger partial charge in [-0.05, 0) is 49.2 Å². The molecule has 0 radical (unpaired) electrons. The number of hydrogen-bond donors (Lipinski definition) is 1. The molecule has 0 spiro atoms. The summed E-state index contributed by atoms with van der Waals surface area (Å²) in [5.41, 5.74) is 2.56. The molecule has 1 amide bonds. The molecule has 2 aromatic carbocycles. The topological polar surface area (TPSA) is 72.5 Å². The Labute approximate surface area is 142 Å². The number of carbonyl (C=O) groups excluding carboxylic acids is 1. The summed E-state index contributed by atoms with van der Waals surface area (Å²) in [6.07, 6.45) is 1.31. The molecule has 128 valence electrons. The molecule has 0 atom stereocenters. The molecule has 6 heteroatoms. The molecular formula is C18H21NO4S. The Morgan fingerprint density at radius 1 is 1.12 bits per heavy atom. The number of carbonyl (C=O) groups is 1. The smallest absolute Gasteiger partial charge is 0.227 e. The van der Waals surface area contributed by atoms with Gasteiger partial charge in [0.05, 0.1) is 17.9 Å². The lowest BCUT2D eigenvalue weighted by molar-refractivity contribution is -0.116. The number of benzene rings is 2. The van der Waals surface area contributed by atoms with Crippen molar-refractivity contribution in [3.05, 3.63) is 53.6 Å². The number of anilines is 1. The Morgan fingerprint density at radius 2 is 1.88 bits per heavy atom. The van der Waals surface area contributed by atoms with Crippen molar-refractivity contribution in [1.82, 2.24) is 0 Å². The number of sulfone groups is 1. The molecule has 0 heterocycles. The van der Waals surface area contributed by atoms with Crippen molar-refractivity contribution in [1.29, 1.82) is 0 Å². The quantitative estimate of drug-likeness (QED) is 0.871. The van der Waals surface area contributed by atoms with E-state index >= 15 is 0 Å². The summed E-state index contributed by atoms with van der Waals surface area (Å²) in [7, 11) is -3.30. The third-order valence-corrected chi connectivity index (χ3v) is 4.59. The van der Waals surface area contributed by atoms with Gasteiger partial charge in [-0.25, -0.2) is 8.42 Å². The molecule has 2 aromatic rings. The molecular weight excluding hydrogens is 326 g/mol. The summed E-state index contributed by atoms with van der Waals surface area (Å²) in [4.78, 5) is 12.1. The van der Waals surface area contributed by atoms with Crippen molar-refractivity contribution < 1.29 is 17.9 Å². The number of rotatable bonds is 6. The second-order valence-corrected chi connectivity index (χ2v) is 7.73. The zero-order valence-corrected chi connectivity index (χ0v) is 14.8. The van der Waals surface area contributed by atoms with Crippen LogP contribution in [0.2, 0.25) is 0 Å². The van der Waals surface area contributed by atoms with Crippen LogP contribution in [-0.2, 0) is 14.6 Å². The highest BCUT2D eigenvalue weighted by atomic mass is 32.2. The van der Waals surface area contributed by atoms with Crippen molar-refractivity contribution in [3.63, 3.8) is 0 Å². The van der Waals surface area contributed by atoms with Gasteiger partial charge >= 0.3 is 0 Å². The Balaban J connectivity index is 1.91. The molecule has 24 heavy (non-hydrogen) atoms. The van der Waals surface area contributed by atoms with E-state index in [1.807, 2.05) is 32.0 Å². The summed E-state index contributed by atoms with van der Waals surface area (Å²) in [6, 6.07) is 12.1. The molecule has 0 saturated heterocycles. The minimum atomic E-state index is -3.30. The van der Waals surface area contributed by atoms with Gasteiger partial charge in [0.2, 0.25) is 5.91 Å². The lowest BCUT2D eigenvalue weighted by atomic mass is 10.1. The molecule has 1 N–H and O–H groups in total. The van der Waals surface area contributed by atoms with Crippen LogP contribution in [-0.4, -0.2) is 27.2 Å². The molecule has 0 unspecified atom stereocenters. The van der Waals surface area contributed by atoms with Gasteiger partial charge in [-0.3, -0.25) is 4.79 Å². The van der Waals surface area contributed by atoms with Crippen LogP contribution in [0, 0.1) is 13.8 Å². The highest BCUT2D eigenvalue weighted by molar-refractivity contribution is 7.90. The maximum absolute atomic E-state index is 12.0. The minimum absolute atomic E-state index is 0.173. The molecule has 5 nitrogen and oxygen atoms in total. The van der Waals surface area contributed by atoms with E-state index < -0.39 is 9.84 Å². The minimum Gasteiger partial charge on any atom is -0.493 e. The maximum Gasteiger partial charge on any atom is 0.227 e. The lowest BCUT2D eigenvalue weighted by Crippen LogP contribution is -2.15. The second-order valence-electron chi connectivity index (χ2n) is 5.72. The zero-order valence-electron chi connectivity index (χ0n) is 14.0. The number of nitrogens with one attached hydrogen (secondary N) is 1. The average molecular weight is 347 g/mol. The van der Waals surface area contributed by atoms with Gasteiger partial charge in [0, 0.05) is 11.9 Å². The number of amides is 1. The lowest BCUT2D eigenvalue weighted by Gasteiger charge is -2.10. The van der Waals surface area contributed by atoms with Crippen LogP contribution in [0.25, 0.3) is 0 Å². The van der Waals surface area contributed by atoms with E-state index in [0.717, 1.165) is 23.1 Å². The van der Waals surface area contributed by atoms with Crippen molar-refractivity contribution in [2.45, 2.75) is 25.2 Å². The van der Waals surface area contributed by atoms with Gasteiger partial charge in [0.1, 0.15) is 5.75 Å². The van der Waals surface area contributed by atoms with E-state index in [2.05, 4.69) is 5.32 Å². The Bertz CT molecular complexity index is 844. The molecule has 0 fully saturated rings. The predicted molar refractivity (Wildman–Crippen MR) is 94.2 cm³/mol. The summed E-state index contributed by atoms with van der Waals surface area (Å²) in [5, 5.41) is 2.68. The normalized spacial score (nSPS) is 11.1. The number of hydrogen-bond acceptors (Lipinski definition) is 4. The number of ether oxygens (including phenoxy) is 1. The number of aryl methyl sites for hydroxylation is 2. The summed E-state index contributed by atoms with van der Waals surface area (Å²) >= 11 is 0. The van der Waals surface area contributed by atoms with Gasteiger partial charge in [0.25, 0.3) is 0 Å². The standard InChI is InChI=1S/C18H21NO4S/c1-13-7-8-14(2)17(11-13)23-10-9-18(20)19-15-5-4-6-16(12-15)24(3,21)22/h4-8,11-12H,9-10H2,1-3H3,(H,19,20). The molecule has 0 aliphatic rings. The first-order chi connectivity index (χ1) is 11.3. The largest absolute Gasteiger partial charge is 0.493 e. The highest BCUT2D eigenvalue weighted by Gasteiger charge is 2.09. The van der Waals surface area contributed by atoms with Crippen LogP contribution < -0.4 is 10.1 Å². The fraction of sp³-hybridized carbons (Fsp3) is 0.278. The SMILES string of the molecule is Cc1ccc(C)c(OCCC(=O)Nc2cccc(S(C)(=O)=O)c2)c1. The third-order valence-electron chi connectivity index (χ3n) is 3.48. The Morgan fingerprint density at radius 3 is 2.58 bits per heavy atom. The van der Waals surface area contributed by atoms with E-state index in [4.69, 9.17) is 4.74 Å². The molecule has 2 rings (SSSR count). The molecule has 0 aliphatic heterocycles. The molecule has 0 aromatic heterocycles.